The van der Waals surface area contributed by atoms with Crippen molar-refractivity contribution in [1.82, 2.24) is 0 Å². The van der Waals surface area contributed by atoms with E-state index in [2.05, 4.69) is 0 Å². The molecule has 0 aromatic carbocycles. The summed E-state index contributed by atoms with van der Waals surface area (Å²) in [5, 5.41) is 8.37. The molecule has 0 bridgehead atoms. The monoisotopic (exact) mass is 183 g/mol. The van der Waals surface area contributed by atoms with Crippen LogP contribution in [0.25, 0.3) is 0 Å². The Morgan fingerprint density at radius 3 is 2.25 bits per heavy atom. The average Bonchev–Trinajstić information content (AvgIpc) is 2.59. The molecular formula is C6H8F3NO2. The number of carbonyl (C=O) groups is 1. The van der Waals surface area contributed by atoms with E-state index in [1.54, 1.807) is 0 Å². The van der Waals surface area contributed by atoms with Gasteiger partial charge in [-0.1, -0.05) is 0 Å². The van der Waals surface area contributed by atoms with Crippen molar-refractivity contribution in [3.8, 4) is 0 Å². The van der Waals surface area contributed by atoms with Gasteiger partial charge in [0.2, 0.25) is 0 Å². The minimum absolute atomic E-state index is 0.230. The first kappa shape index (κ1) is 9.31. The van der Waals surface area contributed by atoms with Gasteiger partial charge in [0.1, 0.15) is 0 Å². The Kier molecular flexibility index (Phi) is 1.82. The van der Waals surface area contributed by atoms with Gasteiger partial charge in [0.05, 0.1) is 0 Å². The van der Waals surface area contributed by atoms with Gasteiger partial charge in [0, 0.05) is 0 Å². The molecule has 6 heteroatoms. The largest absolute Gasteiger partial charge is 0.481 e. The summed E-state index contributed by atoms with van der Waals surface area (Å²) in [6.45, 7) is -0.230. The first-order chi connectivity index (χ1) is 5.36. The van der Waals surface area contributed by atoms with Crippen molar-refractivity contribution in [2.75, 3.05) is 6.54 Å². The zero-order chi connectivity index (χ0) is 9.57. The van der Waals surface area contributed by atoms with Gasteiger partial charge in [-0.2, -0.15) is 13.2 Å². The average molecular weight is 183 g/mol. The molecule has 0 aromatic heterocycles. The number of hydrogen-bond donors (Lipinski definition) is 2. The molecule has 0 unspecified atom stereocenters. The second kappa shape index (κ2) is 2.35. The maximum Gasteiger partial charge on any atom is 0.405 e. The van der Waals surface area contributed by atoms with Crippen LogP contribution in [-0.4, -0.2) is 23.8 Å². The van der Waals surface area contributed by atoms with Gasteiger partial charge in [-0.15, -0.1) is 0 Å². The lowest BCUT2D eigenvalue weighted by Gasteiger charge is -2.15. The van der Waals surface area contributed by atoms with Crippen molar-refractivity contribution in [1.29, 1.82) is 0 Å². The lowest BCUT2D eigenvalue weighted by atomic mass is 10.0. The van der Waals surface area contributed by atoms with Crippen LogP contribution in [0.5, 0.6) is 0 Å². The van der Waals surface area contributed by atoms with Crippen LogP contribution in [-0.2, 0) is 4.79 Å². The van der Waals surface area contributed by atoms with E-state index in [9.17, 15) is 18.0 Å². The van der Waals surface area contributed by atoms with Crippen LogP contribution in [0.1, 0.15) is 6.42 Å². The fourth-order valence-electron chi connectivity index (χ4n) is 1.34. The van der Waals surface area contributed by atoms with E-state index in [1.807, 2.05) is 0 Å². The number of halogens is 3. The molecule has 1 fully saturated rings. The van der Waals surface area contributed by atoms with E-state index >= 15 is 0 Å². The van der Waals surface area contributed by atoms with Crippen molar-refractivity contribution in [2.45, 2.75) is 12.6 Å². The molecule has 0 saturated heterocycles. The van der Waals surface area contributed by atoms with Crippen LogP contribution in [0.4, 0.5) is 13.2 Å². The summed E-state index contributed by atoms with van der Waals surface area (Å²) in [7, 11) is 0. The lowest BCUT2D eigenvalue weighted by Crippen LogP contribution is -2.35. The van der Waals surface area contributed by atoms with E-state index in [-0.39, 0.29) is 13.0 Å². The van der Waals surface area contributed by atoms with E-state index in [0.717, 1.165) is 0 Å². The smallest absolute Gasteiger partial charge is 0.405 e. The number of rotatable bonds is 2. The minimum Gasteiger partial charge on any atom is -0.481 e. The lowest BCUT2D eigenvalue weighted by molar-refractivity contribution is -0.206. The highest BCUT2D eigenvalue weighted by Gasteiger charge is 2.75. The van der Waals surface area contributed by atoms with E-state index in [4.69, 9.17) is 10.8 Å². The van der Waals surface area contributed by atoms with Crippen molar-refractivity contribution in [2.24, 2.45) is 17.1 Å². The number of carboxylic acids is 1. The first-order valence-corrected chi connectivity index (χ1v) is 3.36. The highest BCUT2D eigenvalue weighted by atomic mass is 19.4. The highest BCUT2D eigenvalue weighted by molar-refractivity contribution is 5.79. The van der Waals surface area contributed by atoms with Crippen LogP contribution in [0.2, 0.25) is 0 Å². The Labute approximate surface area is 66.4 Å². The third kappa shape index (κ3) is 0.979. The van der Waals surface area contributed by atoms with Crippen LogP contribution in [0, 0.1) is 11.3 Å². The standard InChI is InChI=1S/C6H8F3NO2/c7-6(8,9)5(4(11)12)1-3(5)2-10/h3H,1-2,10H2,(H,11,12)/t3-,5+/m1/s1. The predicted octanol–water partition coefficient (Wildman–Crippen LogP) is 0.598. The molecule has 0 aromatic rings. The molecule has 3 nitrogen and oxygen atoms in total. The number of alkyl halides is 3. The van der Waals surface area contributed by atoms with Crippen LogP contribution in [0.3, 0.4) is 0 Å². The number of hydrogen-bond acceptors (Lipinski definition) is 2. The zero-order valence-electron chi connectivity index (χ0n) is 6.06. The van der Waals surface area contributed by atoms with Gasteiger partial charge in [-0.3, -0.25) is 4.79 Å². The minimum atomic E-state index is -4.68. The number of carboxylic acid groups (broad SMARTS) is 1. The van der Waals surface area contributed by atoms with Gasteiger partial charge in [-0.25, -0.2) is 0 Å². The summed E-state index contributed by atoms with van der Waals surface area (Å²) < 4.78 is 36.4. The topological polar surface area (TPSA) is 63.3 Å². The van der Waals surface area contributed by atoms with Gasteiger partial charge < -0.3 is 10.8 Å². The zero-order valence-corrected chi connectivity index (χ0v) is 6.06. The van der Waals surface area contributed by atoms with Crippen molar-refractivity contribution >= 4 is 5.97 Å². The van der Waals surface area contributed by atoms with E-state index in [1.165, 1.54) is 0 Å². The summed E-state index contributed by atoms with van der Waals surface area (Å²) in [6.07, 6.45) is -5.06. The predicted molar refractivity (Wildman–Crippen MR) is 33.3 cm³/mol. The summed E-state index contributed by atoms with van der Waals surface area (Å²) >= 11 is 0. The quantitative estimate of drug-likeness (QED) is 0.658. The SMILES string of the molecule is NC[C@H]1C[C@]1(C(=O)O)C(F)(F)F. The molecule has 0 amide bonds. The molecule has 1 aliphatic rings. The molecular weight excluding hydrogens is 175 g/mol. The van der Waals surface area contributed by atoms with Gasteiger partial charge in [-0.05, 0) is 18.9 Å². The normalized spacial score (nSPS) is 34.8. The maximum absolute atomic E-state index is 12.1. The first-order valence-electron chi connectivity index (χ1n) is 3.36. The number of aliphatic carboxylic acids is 1. The molecule has 0 heterocycles. The Bertz CT molecular complexity index is 215. The molecule has 12 heavy (non-hydrogen) atoms. The molecule has 0 radical (unpaired) electrons. The Morgan fingerprint density at radius 2 is 2.17 bits per heavy atom. The van der Waals surface area contributed by atoms with Gasteiger partial charge in [0.25, 0.3) is 0 Å². The Hall–Kier alpha value is -0.780. The van der Waals surface area contributed by atoms with Crippen molar-refractivity contribution in [3.63, 3.8) is 0 Å². The summed E-state index contributed by atoms with van der Waals surface area (Å²) in [5.41, 5.74) is 2.43. The summed E-state index contributed by atoms with van der Waals surface area (Å²) in [6, 6.07) is 0. The molecule has 1 saturated carbocycles. The molecule has 0 aliphatic heterocycles. The molecule has 2 atom stereocenters. The second-order valence-electron chi connectivity index (χ2n) is 2.91. The van der Waals surface area contributed by atoms with Crippen LogP contribution in [0.15, 0.2) is 0 Å². The van der Waals surface area contributed by atoms with E-state index < -0.39 is 23.5 Å². The highest BCUT2D eigenvalue weighted by Crippen LogP contribution is 2.62. The van der Waals surface area contributed by atoms with Gasteiger partial charge in [0.15, 0.2) is 5.41 Å². The molecule has 3 N–H and O–H groups in total. The maximum atomic E-state index is 12.1. The summed E-state index contributed by atoms with van der Waals surface area (Å²) in [4.78, 5) is 10.3. The Morgan fingerprint density at radius 1 is 1.67 bits per heavy atom. The van der Waals surface area contributed by atoms with Crippen molar-refractivity contribution < 1.29 is 23.1 Å². The number of nitrogens with two attached hydrogens (primary N) is 1. The van der Waals surface area contributed by atoms with Gasteiger partial charge >= 0.3 is 12.1 Å². The molecule has 0 spiro atoms. The fourth-order valence-corrected chi connectivity index (χ4v) is 1.34. The summed E-state index contributed by atoms with van der Waals surface area (Å²) in [5.74, 6) is -2.76. The molecule has 1 aliphatic carbocycles. The fraction of sp³-hybridized carbons (Fsp3) is 0.833. The van der Waals surface area contributed by atoms with Crippen molar-refractivity contribution in [3.05, 3.63) is 0 Å². The molecule has 70 valence electrons. The Balaban J connectivity index is 2.87. The second-order valence-corrected chi connectivity index (χ2v) is 2.91. The third-order valence-electron chi connectivity index (χ3n) is 2.28. The third-order valence-corrected chi connectivity index (χ3v) is 2.28. The molecule has 1 rings (SSSR count). The van der Waals surface area contributed by atoms with Crippen LogP contribution < -0.4 is 5.73 Å². The van der Waals surface area contributed by atoms with Crippen LogP contribution >= 0.6 is 0 Å². The van der Waals surface area contributed by atoms with E-state index in [0.29, 0.717) is 0 Å².